The number of benzene rings is 2. The summed E-state index contributed by atoms with van der Waals surface area (Å²) < 4.78 is 6.85. The number of hydrogen-bond acceptors (Lipinski definition) is 4. The van der Waals surface area contributed by atoms with Crippen LogP contribution in [0.2, 0.25) is 0 Å². The Bertz CT molecular complexity index is 938. The molecule has 0 spiro atoms. The highest BCUT2D eigenvalue weighted by Gasteiger charge is 2.12. The van der Waals surface area contributed by atoms with E-state index in [1.807, 2.05) is 41.8 Å². The Kier molecular flexibility index (Phi) is 6.79. The van der Waals surface area contributed by atoms with Crippen LogP contribution in [0.1, 0.15) is 33.3 Å². The fraction of sp³-hybridized carbons (Fsp3) is 0.143. The number of hydrazone groups is 1. The van der Waals surface area contributed by atoms with Crippen molar-refractivity contribution in [3.63, 3.8) is 0 Å². The van der Waals surface area contributed by atoms with Gasteiger partial charge >= 0.3 is 0 Å². The summed E-state index contributed by atoms with van der Waals surface area (Å²) in [5.41, 5.74) is 5.01. The first kappa shape index (κ1) is 19.3. The zero-order valence-electron chi connectivity index (χ0n) is 14.8. The SMILES string of the molecule is CCc1scc(C=NNC(=O)c2ccccc2OCc2ccccc2)c1Br. The molecule has 0 unspecified atom stereocenters. The summed E-state index contributed by atoms with van der Waals surface area (Å²) in [5.74, 6) is 0.219. The molecule has 1 aromatic heterocycles. The van der Waals surface area contributed by atoms with Gasteiger partial charge in [-0.05, 0) is 40.0 Å². The van der Waals surface area contributed by atoms with Crippen LogP contribution in [0.4, 0.5) is 0 Å². The lowest BCUT2D eigenvalue weighted by molar-refractivity contribution is 0.0950. The molecule has 1 heterocycles. The lowest BCUT2D eigenvalue weighted by atomic mass is 10.2. The molecule has 138 valence electrons. The van der Waals surface area contributed by atoms with Gasteiger partial charge in [-0.25, -0.2) is 5.43 Å². The Morgan fingerprint density at radius 3 is 2.67 bits per heavy atom. The van der Waals surface area contributed by atoms with Crippen LogP contribution in [0.3, 0.4) is 0 Å². The van der Waals surface area contributed by atoms with Gasteiger partial charge in [-0.1, -0.05) is 49.4 Å². The molecule has 27 heavy (non-hydrogen) atoms. The van der Waals surface area contributed by atoms with Crippen molar-refractivity contribution < 1.29 is 9.53 Å². The van der Waals surface area contributed by atoms with E-state index in [2.05, 4.69) is 33.4 Å². The lowest BCUT2D eigenvalue weighted by Gasteiger charge is -2.10. The summed E-state index contributed by atoms with van der Waals surface area (Å²) in [6.07, 6.45) is 2.60. The number of halogens is 1. The predicted molar refractivity (Wildman–Crippen MR) is 114 cm³/mol. The van der Waals surface area contributed by atoms with E-state index in [0.29, 0.717) is 17.9 Å². The van der Waals surface area contributed by atoms with Gasteiger partial charge in [0.15, 0.2) is 0 Å². The van der Waals surface area contributed by atoms with E-state index in [-0.39, 0.29) is 5.91 Å². The van der Waals surface area contributed by atoms with E-state index in [1.54, 1.807) is 35.8 Å². The molecule has 2 aromatic carbocycles. The summed E-state index contributed by atoms with van der Waals surface area (Å²) in [7, 11) is 0. The third-order valence-corrected chi connectivity index (χ3v) is 6.23. The minimum absolute atomic E-state index is 0.308. The first-order valence-electron chi connectivity index (χ1n) is 8.54. The first-order chi connectivity index (χ1) is 13.2. The first-order valence-corrected chi connectivity index (χ1v) is 10.2. The molecular formula is C21H19BrN2O2S. The number of carbonyl (C=O) groups is 1. The molecule has 0 aliphatic rings. The Hall–Kier alpha value is -2.44. The number of rotatable bonds is 7. The Balaban J connectivity index is 1.66. The highest BCUT2D eigenvalue weighted by molar-refractivity contribution is 9.10. The molecule has 0 fully saturated rings. The lowest BCUT2D eigenvalue weighted by Crippen LogP contribution is -2.18. The number of aryl methyl sites for hydroxylation is 1. The van der Waals surface area contributed by atoms with Crippen molar-refractivity contribution in [2.24, 2.45) is 5.10 Å². The topological polar surface area (TPSA) is 50.7 Å². The van der Waals surface area contributed by atoms with Crippen LogP contribution >= 0.6 is 27.3 Å². The van der Waals surface area contributed by atoms with E-state index in [9.17, 15) is 4.79 Å². The Morgan fingerprint density at radius 1 is 1.19 bits per heavy atom. The number of para-hydroxylation sites is 1. The molecular weight excluding hydrogens is 424 g/mol. The second kappa shape index (κ2) is 9.48. The normalized spacial score (nSPS) is 10.9. The van der Waals surface area contributed by atoms with Crippen molar-refractivity contribution >= 4 is 39.4 Å². The van der Waals surface area contributed by atoms with Gasteiger partial charge in [-0.15, -0.1) is 11.3 Å². The summed E-state index contributed by atoms with van der Waals surface area (Å²) in [5, 5.41) is 6.09. The summed E-state index contributed by atoms with van der Waals surface area (Å²) in [4.78, 5) is 13.8. The maximum atomic E-state index is 12.5. The zero-order valence-corrected chi connectivity index (χ0v) is 17.2. The van der Waals surface area contributed by atoms with Gasteiger partial charge < -0.3 is 4.74 Å². The number of hydrogen-bond donors (Lipinski definition) is 1. The van der Waals surface area contributed by atoms with E-state index in [4.69, 9.17) is 4.74 Å². The molecule has 0 aliphatic carbocycles. The van der Waals surface area contributed by atoms with Crippen LogP contribution in [-0.4, -0.2) is 12.1 Å². The average Bonchev–Trinajstić information content (AvgIpc) is 3.07. The van der Waals surface area contributed by atoms with Gasteiger partial charge in [0.25, 0.3) is 5.91 Å². The molecule has 0 radical (unpaired) electrons. The molecule has 0 atom stereocenters. The maximum Gasteiger partial charge on any atom is 0.275 e. The van der Waals surface area contributed by atoms with E-state index in [0.717, 1.165) is 22.0 Å². The van der Waals surface area contributed by atoms with Crippen molar-refractivity contribution in [1.29, 1.82) is 0 Å². The highest BCUT2D eigenvalue weighted by Crippen LogP contribution is 2.27. The number of carbonyl (C=O) groups excluding carboxylic acids is 1. The Labute approximate surface area is 171 Å². The minimum Gasteiger partial charge on any atom is -0.488 e. The smallest absolute Gasteiger partial charge is 0.275 e. The number of ether oxygens (including phenoxy) is 1. The van der Waals surface area contributed by atoms with Crippen molar-refractivity contribution in [3.05, 3.63) is 86.0 Å². The van der Waals surface area contributed by atoms with Crippen LogP contribution in [0, 0.1) is 0 Å². The maximum absolute atomic E-state index is 12.5. The number of nitrogens with one attached hydrogen (secondary N) is 1. The molecule has 1 N–H and O–H groups in total. The quantitative estimate of drug-likeness (QED) is 0.392. The Morgan fingerprint density at radius 2 is 1.93 bits per heavy atom. The van der Waals surface area contributed by atoms with E-state index in [1.165, 1.54) is 4.88 Å². The highest BCUT2D eigenvalue weighted by atomic mass is 79.9. The van der Waals surface area contributed by atoms with Gasteiger partial charge in [0.05, 0.1) is 11.8 Å². The third-order valence-electron chi connectivity index (χ3n) is 3.89. The second-order valence-electron chi connectivity index (χ2n) is 5.75. The molecule has 4 nitrogen and oxygen atoms in total. The van der Waals surface area contributed by atoms with Crippen LogP contribution < -0.4 is 10.2 Å². The monoisotopic (exact) mass is 442 g/mol. The van der Waals surface area contributed by atoms with Gasteiger partial charge in [-0.3, -0.25) is 4.79 Å². The van der Waals surface area contributed by atoms with Gasteiger partial charge in [0.1, 0.15) is 12.4 Å². The zero-order chi connectivity index (χ0) is 19.1. The molecule has 3 aromatic rings. The molecule has 0 saturated carbocycles. The molecule has 1 amide bonds. The summed E-state index contributed by atoms with van der Waals surface area (Å²) >= 11 is 5.23. The van der Waals surface area contributed by atoms with Crippen molar-refractivity contribution in [3.8, 4) is 5.75 Å². The second-order valence-corrected chi connectivity index (χ2v) is 7.51. The van der Waals surface area contributed by atoms with Crippen molar-refractivity contribution in [1.82, 2.24) is 5.43 Å². The van der Waals surface area contributed by atoms with E-state index < -0.39 is 0 Å². The van der Waals surface area contributed by atoms with Crippen LogP contribution in [-0.2, 0) is 13.0 Å². The fourth-order valence-electron chi connectivity index (χ4n) is 2.46. The summed E-state index contributed by atoms with van der Waals surface area (Å²) in [6.45, 7) is 2.50. The van der Waals surface area contributed by atoms with Crippen molar-refractivity contribution in [2.45, 2.75) is 20.0 Å². The fourth-order valence-corrected chi connectivity index (χ4v) is 4.23. The van der Waals surface area contributed by atoms with Crippen molar-refractivity contribution in [2.75, 3.05) is 0 Å². The standard InChI is InChI=1S/C21H19BrN2O2S/c1-2-19-20(22)16(14-27-19)12-23-24-21(25)17-10-6-7-11-18(17)26-13-15-8-4-3-5-9-15/h3-12,14H,2,13H2,1H3,(H,24,25). The number of amides is 1. The van der Waals surface area contributed by atoms with Crippen LogP contribution in [0.15, 0.2) is 69.6 Å². The average molecular weight is 443 g/mol. The molecule has 3 rings (SSSR count). The third kappa shape index (κ3) is 5.05. The summed E-state index contributed by atoms with van der Waals surface area (Å²) in [6, 6.07) is 17.0. The minimum atomic E-state index is -0.308. The van der Waals surface area contributed by atoms with Gasteiger partial charge in [0.2, 0.25) is 0 Å². The number of thiophene rings is 1. The number of nitrogens with zero attached hydrogens (tertiary/aromatic N) is 1. The van der Waals surface area contributed by atoms with E-state index >= 15 is 0 Å². The molecule has 0 bridgehead atoms. The molecule has 0 aliphatic heterocycles. The molecule has 6 heteroatoms. The largest absolute Gasteiger partial charge is 0.488 e. The predicted octanol–water partition coefficient (Wildman–Crippen LogP) is 5.42. The molecule has 0 saturated heterocycles. The van der Waals surface area contributed by atoms with Crippen LogP contribution in [0.25, 0.3) is 0 Å². The van der Waals surface area contributed by atoms with Gasteiger partial charge in [0, 0.05) is 20.3 Å². The van der Waals surface area contributed by atoms with Gasteiger partial charge in [-0.2, -0.15) is 5.10 Å². The van der Waals surface area contributed by atoms with Crippen LogP contribution in [0.5, 0.6) is 5.75 Å².